The highest BCUT2D eigenvalue weighted by atomic mass is 31.2. The number of aromatic nitrogens is 1. The van der Waals surface area contributed by atoms with Gasteiger partial charge in [-0.05, 0) is 71.8 Å². The van der Waals surface area contributed by atoms with Crippen LogP contribution in [0, 0.1) is 11.6 Å². The van der Waals surface area contributed by atoms with Gasteiger partial charge >= 0.3 is 7.60 Å². The highest BCUT2D eigenvalue weighted by Crippen LogP contribution is 2.35. The number of hydrogen-bond donors (Lipinski definition) is 2. The molecule has 5 aromatic rings. The first-order valence-corrected chi connectivity index (χ1v) is 11.1. The Morgan fingerprint density at radius 2 is 1.26 bits per heavy atom. The molecule has 1 aromatic heterocycles. The molecular weight excluding hydrogens is 419 g/mol. The van der Waals surface area contributed by atoms with Crippen molar-refractivity contribution < 1.29 is 23.1 Å². The van der Waals surface area contributed by atoms with E-state index in [1.807, 2.05) is 28.8 Å². The Balaban J connectivity index is 1.70. The van der Waals surface area contributed by atoms with Gasteiger partial charge in [0.05, 0.1) is 16.3 Å². The lowest BCUT2D eigenvalue weighted by Gasteiger charge is -2.11. The average Bonchev–Trinajstić information content (AvgIpc) is 3.06. The standard InChI is InChI=1S/C24H16F2NO3P/c25-17-6-10-23-21(13-17)22-14-18(26)7-11-24(22)27(23)19-3-1-2-16(12-19)15-4-8-20(9-5-15)31(28,29)30/h1-14H,(H2,28,29,30). The monoisotopic (exact) mass is 435 g/mol. The number of hydrogen-bond acceptors (Lipinski definition) is 1. The maximum absolute atomic E-state index is 13.9. The van der Waals surface area contributed by atoms with Crippen molar-refractivity contribution >= 4 is 34.7 Å². The van der Waals surface area contributed by atoms with Crippen LogP contribution in [-0.2, 0) is 4.57 Å². The quantitative estimate of drug-likeness (QED) is 0.366. The molecule has 0 radical (unpaired) electrons. The molecular formula is C24H16F2NO3P. The Kier molecular flexibility index (Phi) is 4.52. The predicted octanol–water partition coefficient (Wildman–Crippen LogP) is 5.53. The molecule has 5 rings (SSSR count). The van der Waals surface area contributed by atoms with E-state index in [0.717, 1.165) is 27.8 Å². The van der Waals surface area contributed by atoms with Crippen molar-refractivity contribution in [3.8, 4) is 16.8 Å². The van der Waals surface area contributed by atoms with Crippen LogP contribution in [0.1, 0.15) is 0 Å². The third-order valence-corrected chi connectivity index (χ3v) is 6.30. The summed E-state index contributed by atoms with van der Waals surface area (Å²) in [6.07, 6.45) is 0. The lowest BCUT2D eigenvalue weighted by molar-refractivity contribution is 0.387. The van der Waals surface area contributed by atoms with Crippen LogP contribution in [0.3, 0.4) is 0 Å². The van der Waals surface area contributed by atoms with Gasteiger partial charge in [0, 0.05) is 16.5 Å². The zero-order valence-electron chi connectivity index (χ0n) is 16.0. The van der Waals surface area contributed by atoms with Gasteiger partial charge in [-0.2, -0.15) is 0 Å². The molecule has 0 spiro atoms. The smallest absolute Gasteiger partial charge is 0.321 e. The number of nitrogens with zero attached hydrogens (tertiary/aromatic N) is 1. The van der Waals surface area contributed by atoms with Crippen molar-refractivity contribution in [1.82, 2.24) is 4.57 Å². The maximum atomic E-state index is 13.9. The number of fused-ring (bicyclic) bond motifs is 3. The van der Waals surface area contributed by atoms with Gasteiger partial charge in [-0.1, -0.05) is 24.3 Å². The van der Waals surface area contributed by atoms with E-state index in [2.05, 4.69) is 0 Å². The summed E-state index contributed by atoms with van der Waals surface area (Å²) in [4.78, 5) is 18.6. The Bertz CT molecular complexity index is 1440. The van der Waals surface area contributed by atoms with Crippen molar-refractivity contribution in [1.29, 1.82) is 0 Å². The molecule has 154 valence electrons. The molecule has 0 bridgehead atoms. The lowest BCUT2D eigenvalue weighted by Crippen LogP contribution is -2.02. The Labute approximate surface area is 176 Å². The molecule has 2 N–H and O–H groups in total. The topological polar surface area (TPSA) is 62.5 Å². The third-order valence-electron chi connectivity index (χ3n) is 5.33. The Morgan fingerprint density at radius 3 is 1.81 bits per heavy atom. The van der Waals surface area contributed by atoms with E-state index in [1.165, 1.54) is 36.4 Å². The van der Waals surface area contributed by atoms with Gasteiger partial charge in [0.25, 0.3) is 0 Å². The van der Waals surface area contributed by atoms with E-state index in [9.17, 15) is 23.1 Å². The molecule has 1 heterocycles. The van der Waals surface area contributed by atoms with Gasteiger partial charge in [-0.3, -0.25) is 4.57 Å². The van der Waals surface area contributed by atoms with Crippen molar-refractivity contribution in [2.75, 3.05) is 0 Å². The summed E-state index contributed by atoms with van der Waals surface area (Å²) in [7, 11) is -4.31. The zero-order valence-corrected chi connectivity index (χ0v) is 16.9. The lowest BCUT2D eigenvalue weighted by atomic mass is 10.1. The summed E-state index contributed by atoms with van der Waals surface area (Å²) in [5.74, 6) is -0.788. The van der Waals surface area contributed by atoms with E-state index >= 15 is 0 Å². The molecule has 4 nitrogen and oxygen atoms in total. The molecule has 0 aliphatic heterocycles. The van der Waals surface area contributed by atoms with Crippen LogP contribution >= 0.6 is 7.60 Å². The van der Waals surface area contributed by atoms with Crippen LogP contribution in [-0.4, -0.2) is 14.4 Å². The van der Waals surface area contributed by atoms with Crippen LogP contribution in [0.5, 0.6) is 0 Å². The van der Waals surface area contributed by atoms with Crippen LogP contribution in [0.15, 0.2) is 84.9 Å². The fourth-order valence-corrected chi connectivity index (χ4v) is 4.46. The molecule has 4 aromatic carbocycles. The van der Waals surface area contributed by atoms with Crippen molar-refractivity contribution in [2.45, 2.75) is 0 Å². The van der Waals surface area contributed by atoms with Crippen LogP contribution in [0.4, 0.5) is 8.78 Å². The van der Waals surface area contributed by atoms with E-state index < -0.39 is 19.2 Å². The van der Waals surface area contributed by atoms with E-state index in [-0.39, 0.29) is 5.30 Å². The third kappa shape index (κ3) is 3.45. The summed E-state index contributed by atoms with van der Waals surface area (Å²) in [5.41, 5.74) is 3.92. The maximum Gasteiger partial charge on any atom is 0.356 e. The summed E-state index contributed by atoms with van der Waals surface area (Å²) >= 11 is 0. The summed E-state index contributed by atoms with van der Waals surface area (Å²) in [6.45, 7) is 0. The van der Waals surface area contributed by atoms with Crippen LogP contribution in [0.25, 0.3) is 38.6 Å². The highest BCUT2D eigenvalue weighted by molar-refractivity contribution is 7.60. The molecule has 0 saturated heterocycles. The first kappa shape index (κ1) is 19.6. The van der Waals surface area contributed by atoms with Gasteiger partial charge in [-0.25, -0.2) is 8.78 Å². The number of halogens is 2. The minimum atomic E-state index is -4.31. The van der Waals surface area contributed by atoms with Gasteiger partial charge in [0.15, 0.2) is 0 Å². The van der Waals surface area contributed by atoms with Gasteiger partial charge in [0.1, 0.15) is 11.6 Å². The Morgan fingerprint density at radius 1 is 0.677 bits per heavy atom. The molecule has 0 amide bonds. The fraction of sp³-hybridized carbons (Fsp3) is 0. The average molecular weight is 435 g/mol. The normalized spacial score (nSPS) is 12.0. The summed E-state index contributed by atoms with van der Waals surface area (Å²) < 4.78 is 41.2. The van der Waals surface area contributed by atoms with E-state index in [0.29, 0.717) is 10.8 Å². The summed E-state index contributed by atoms with van der Waals surface area (Å²) in [5, 5.41) is 1.19. The minimum absolute atomic E-state index is 0.0427. The molecule has 0 aliphatic rings. The summed E-state index contributed by atoms with van der Waals surface area (Å²) in [6, 6.07) is 22.6. The molecule has 0 atom stereocenters. The number of benzene rings is 4. The second kappa shape index (κ2) is 7.13. The van der Waals surface area contributed by atoms with Gasteiger partial charge < -0.3 is 14.4 Å². The van der Waals surface area contributed by atoms with Crippen molar-refractivity contribution in [3.63, 3.8) is 0 Å². The molecule has 31 heavy (non-hydrogen) atoms. The first-order chi connectivity index (χ1) is 14.8. The van der Waals surface area contributed by atoms with Crippen LogP contribution in [0.2, 0.25) is 0 Å². The van der Waals surface area contributed by atoms with Crippen molar-refractivity contribution in [2.24, 2.45) is 0 Å². The molecule has 7 heteroatoms. The highest BCUT2D eigenvalue weighted by Gasteiger charge is 2.17. The van der Waals surface area contributed by atoms with Crippen molar-refractivity contribution in [3.05, 3.63) is 96.6 Å². The second-order valence-electron chi connectivity index (χ2n) is 7.30. The fourth-order valence-electron chi connectivity index (χ4n) is 3.92. The molecule has 0 fully saturated rings. The second-order valence-corrected chi connectivity index (χ2v) is 8.90. The minimum Gasteiger partial charge on any atom is -0.321 e. The SMILES string of the molecule is O=P(O)(O)c1ccc(-c2cccc(-n3c4ccc(F)cc4c4cc(F)ccc43)c2)cc1. The number of rotatable bonds is 3. The van der Waals surface area contributed by atoms with Gasteiger partial charge in [0.2, 0.25) is 0 Å². The zero-order chi connectivity index (χ0) is 21.8. The van der Waals surface area contributed by atoms with Crippen LogP contribution < -0.4 is 5.30 Å². The largest absolute Gasteiger partial charge is 0.356 e. The predicted molar refractivity (Wildman–Crippen MR) is 118 cm³/mol. The van der Waals surface area contributed by atoms with Gasteiger partial charge in [-0.15, -0.1) is 0 Å². The molecule has 0 unspecified atom stereocenters. The molecule has 0 saturated carbocycles. The Hall–Kier alpha value is -3.31. The first-order valence-electron chi connectivity index (χ1n) is 9.47. The molecule has 0 aliphatic carbocycles. The van der Waals surface area contributed by atoms with E-state index in [1.54, 1.807) is 24.3 Å². The van der Waals surface area contributed by atoms with E-state index in [4.69, 9.17) is 0 Å².